The zero-order chi connectivity index (χ0) is 25.8. The Morgan fingerprint density at radius 1 is 1.14 bits per heavy atom. The molecular weight excluding hydrogens is 481 g/mol. The number of sulfonamides is 1. The van der Waals surface area contributed by atoms with Crippen molar-refractivity contribution in [3.05, 3.63) is 81.9 Å². The van der Waals surface area contributed by atoms with E-state index in [2.05, 4.69) is 14.7 Å². The summed E-state index contributed by atoms with van der Waals surface area (Å²) in [7, 11) is -1.92. The number of fused-ring (bicyclic) bond motifs is 2. The molecular formula is C26H26FN5O3S. The zero-order valence-electron chi connectivity index (χ0n) is 20.4. The van der Waals surface area contributed by atoms with E-state index in [1.54, 1.807) is 45.4 Å². The molecule has 5 aromatic rings. The SMILES string of the molecule is CCS(=O)(=O)Nc1cc(-c2cn(C)c(=O)c3[nH]ccc23)cc2c1nc(C)n2Cc1ccc(C)c(F)c1. The van der Waals surface area contributed by atoms with Crippen molar-refractivity contribution in [1.29, 1.82) is 0 Å². The number of nitrogens with one attached hydrogen (secondary N) is 2. The summed E-state index contributed by atoms with van der Waals surface area (Å²) >= 11 is 0. The van der Waals surface area contributed by atoms with Gasteiger partial charge in [0.05, 0.1) is 17.0 Å². The number of nitrogens with zero attached hydrogens (tertiary/aromatic N) is 3. The summed E-state index contributed by atoms with van der Waals surface area (Å²) < 4.78 is 45.4. The van der Waals surface area contributed by atoms with E-state index in [0.717, 1.165) is 16.5 Å². The van der Waals surface area contributed by atoms with Gasteiger partial charge in [0.15, 0.2) is 0 Å². The van der Waals surface area contributed by atoms with Crippen LogP contribution in [-0.4, -0.2) is 33.3 Å². The Labute approximate surface area is 207 Å². The molecule has 5 rings (SSSR count). The predicted octanol–water partition coefficient (Wildman–Crippen LogP) is 4.45. The number of anilines is 1. The summed E-state index contributed by atoms with van der Waals surface area (Å²) in [5.41, 5.74) is 4.64. The first kappa shape index (κ1) is 23.8. The topological polar surface area (TPSA) is 102 Å². The van der Waals surface area contributed by atoms with Crippen LogP contribution in [0.3, 0.4) is 0 Å². The lowest BCUT2D eigenvalue weighted by Gasteiger charge is -2.13. The van der Waals surface area contributed by atoms with Crippen molar-refractivity contribution in [3.63, 3.8) is 0 Å². The van der Waals surface area contributed by atoms with Crippen molar-refractivity contribution in [2.45, 2.75) is 27.3 Å². The average molecular weight is 508 g/mol. The Hall–Kier alpha value is -3.92. The van der Waals surface area contributed by atoms with E-state index in [9.17, 15) is 17.6 Å². The van der Waals surface area contributed by atoms with E-state index in [1.807, 2.05) is 29.7 Å². The molecule has 0 saturated carbocycles. The van der Waals surface area contributed by atoms with Crippen LogP contribution >= 0.6 is 0 Å². The Balaban J connectivity index is 1.78. The van der Waals surface area contributed by atoms with Crippen LogP contribution in [0, 0.1) is 19.7 Å². The van der Waals surface area contributed by atoms with Crippen LogP contribution in [0.25, 0.3) is 33.1 Å². The van der Waals surface area contributed by atoms with Crippen LogP contribution in [-0.2, 0) is 23.6 Å². The smallest absolute Gasteiger partial charge is 0.274 e. The van der Waals surface area contributed by atoms with Crippen LogP contribution in [0.15, 0.2) is 53.6 Å². The van der Waals surface area contributed by atoms with Gasteiger partial charge in [-0.3, -0.25) is 9.52 Å². The van der Waals surface area contributed by atoms with E-state index >= 15 is 0 Å². The van der Waals surface area contributed by atoms with Gasteiger partial charge in [-0.15, -0.1) is 0 Å². The Morgan fingerprint density at radius 3 is 2.64 bits per heavy atom. The highest BCUT2D eigenvalue weighted by Gasteiger charge is 2.19. The number of imidazole rings is 1. The van der Waals surface area contributed by atoms with Gasteiger partial charge in [-0.25, -0.2) is 17.8 Å². The summed E-state index contributed by atoms with van der Waals surface area (Å²) in [4.78, 5) is 20.3. The second-order valence-electron chi connectivity index (χ2n) is 8.95. The first-order valence-corrected chi connectivity index (χ1v) is 13.2. The maximum atomic E-state index is 14.3. The Morgan fingerprint density at radius 2 is 1.92 bits per heavy atom. The molecule has 0 bridgehead atoms. The highest BCUT2D eigenvalue weighted by atomic mass is 32.2. The van der Waals surface area contributed by atoms with Crippen molar-refractivity contribution >= 4 is 37.6 Å². The molecule has 0 unspecified atom stereocenters. The molecule has 3 aromatic heterocycles. The van der Waals surface area contributed by atoms with Crippen molar-refractivity contribution in [1.82, 2.24) is 19.1 Å². The van der Waals surface area contributed by atoms with E-state index in [1.165, 1.54) is 10.6 Å². The molecule has 0 amide bonds. The molecule has 0 atom stereocenters. The molecule has 0 radical (unpaired) electrons. The summed E-state index contributed by atoms with van der Waals surface area (Å²) in [6.45, 7) is 5.47. The maximum Gasteiger partial charge on any atom is 0.274 e. The monoisotopic (exact) mass is 507 g/mol. The van der Waals surface area contributed by atoms with Gasteiger partial charge in [-0.2, -0.15) is 0 Å². The molecule has 0 aliphatic rings. The number of aromatic nitrogens is 4. The van der Waals surface area contributed by atoms with Gasteiger partial charge in [0.25, 0.3) is 5.56 Å². The van der Waals surface area contributed by atoms with Crippen LogP contribution < -0.4 is 10.3 Å². The van der Waals surface area contributed by atoms with Crippen LogP contribution in [0.5, 0.6) is 0 Å². The molecule has 186 valence electrons. The van der Waals surface area contributed by atoms with Gasteiger partial charge in [-0.05, 0) is 61.7 Å². The van der Waals surface area contributed by atoms with Gasteiger partial charge >= 0.3 is 0 Å². The highest BCUT2D eigenvalue weighted by Crippen LogP contribution is 2.35. The van der Waals surface area contributed by atoms with Crippen LogP contribution in [0.4, 0.5) is 10.1 Å². The standard InChI is InChI=1S/C26H26FN5O3S/c1-5-36(34,35)30-22-11-18(20-14-31(4)26(33)24-19(20)8-9-28-24)12-23-25(22)29-16(3)32(23)13-17-7-6-15(2)21(27)10-17/h6-12,14,28,30H,5,13H2,1-4H3. The first-order chi connectivity index (χ1) is 17.1. The van der Waals surface area contributed by atoms with Crippen molar-refractivity contribution in [3.8, 4) is 11.1 Å². The first-order valence-electron chi connectivity index (χ1n) is 11.5. The number of H-pyrrole nitrogens is 1. The van der Waals surface area contributed by atoms with E-state index < -0.39 is 10.0 Å². The normalized spacial score (nSPS) is 12.0. The fraction of sp³-hybridized carbons (Fsp3) is 0.231. The number of rotatable bonds is 6. The Bertz CT molecular complexity index is 1820. The van der Waals surface area contributed by atoms with Crippen molar-refractivity contribution in [2.24, 2.45) is 7.05 Å². The minimum atomic E-state index is -3.59. The second-order valence-corrected chi connectivity index (χ2v) is 11.0. The number of halogens is 1. The van der Waals surface area contributed by atoms with Crippen molar-refractivity contribution < 1.29 is 12.8 Å². The fourth-order valence-electron chi connectivity index (χ4n) is 4.43. The average Bonchev–Trinajstić information content (AvgIpc) is 3.44. The summed E-state index contributed by atoms with van der Waals surface area (Å²) in [5, 5.41) is 0.727. The van der Waals surface area contributed by atoms with Gasteiger partial charge in [0.2, 0.25) is 10.0 Å². The number of hydrogen-bond donors (Lipinski definition) is 2. The zero-order valence-corrected chi connectivity index (χ0v) is 21.2. The largest absolute Gasteiger partial charge is 0.357 e. The molecule has 10 heteroatoms. The Kier molecular flexibility index (Phi) is 5.71. The molecule has 0 saturated heterocycles. The minimum Gasteiger partial charge on any atom is -0.357 e. The summed E-state index contributed by atoms with van der Waals surface area (Å²) in [6.07, 6.45) is 3.44. The third-order valence-corrected chi connectivity index (χ3v) is 7.76. The van der Waals surface area contributed by atoms with Crippen LogP contribution in [0.1, 0.15) is 23.9 Å². The third-order valence-electron chi connectivity index (χ3n) is 6.47. The van der Waals surface area contributed by atoms with Gasteiger partial charge in [0, 0.05) is 36.9 Å². The number of aryl methyl sites for hydroxylation is 3. The van der Waals surface area contributed by atoms with E-state index in [0.29, 0.717) is 45.7 Å². The highest BCUT2D eigenvalue weighted by molar-refractivity contribution is 7.92. The molecule has 2 aromatic carbocycles. The second kappa shape index (κ2) is 8.63. The number of hydrogen-bond acceptors (Lipinski definition) is 4. The molecule has 0 aliphatic carbocycles. The van der Waals surface area contributed by atoms with Crippen molar-refractivity contribution in [2.75, 3.05) is 10.5 Å². The number of benzene rings is 2. The van der Waals surface area contributed by atoms with E-state index in [-0.39, 0.29) is 17.1 Å². The lowest BCUT2D eigenvalue weighted by molar-refractivity contribution is 0.602. The molecule has 8 nitrogen and oxygen atoms in total. The van der Waals surface area contributed by atoms with Gasteiger partial charge < -0.3 is 14.1 Å². The van der Waals surface area contributed by atoms with Gasteiger partial charge in [-0.1, -0.05) is 12.1 Å². The molecule has 3 heterocycles. The molecule has 2 N–H and O–H groups in total. The number of aromatic amines is 1. The lowest BCUT2D eigenvalue weighted by Crippen LogP contribution is -2.17. The minimum absolute atomic E-state index is 0.0943. The molecule has 36 heavy (non-hydrogen) atoms. The predicted molar refractivity (Wildman–Crippen MR) is 140 cm³/mol. The molecule has 0 fully saturated rings. The van der Waals surface area contributed by atoms with Gasteiger partial charge in [0.1, 0.15) is 22.7 Å². The maximum absolute atomic E-state index is 14.3. The quantitative estimate of drug-likeness (QED) is 0.355. The summed E-state index contributed by atoms with van der Waals surface area (Å²) in [6, 6.07) is 10.6. The fourth-order valence-corrected chi connectivity index (χ4v) is 5.06. The van der Waals surface area contributed by atoms with Crippen LogP contribution in [0.2, 0.25) is 0 Å². The summed E-state index contributed by atoms with van der Waals surface area (Å²) in [5.74, 6) is 0.280. The third kappa shape index (κ3) is 4.07. The lowest BCUT2D eigenvalue weighted by atomic mass is 10.0. The van der Waals surface area contributed by atoms with E-state index in [4.69, 9.17) is 0 Å². The molecule has 0 aliphatic heterocycles. The number of pyridine rings is 1. The molecule has 0 spiro atoms.